The zero-order valence-electron chi connectivity index (χ0n) is 39.4. The van der Waals surface area contributed by atoms with E-state index in [9.17, 15) is 0 Å². The molecule has 62 heavy (non-hydrogen) atoms. The van der Waals surface area contributed by atoms with Gasteiger partial charge >= 0.3 is 30.2 Å². The van der Waals surface area contributed by atoms with E-state index in [1.54, 1.807) is 11.1 Å². The Morgan fingerprint density at radius 2 is 0.823 bits per heavy atom. The molecule has 0 aromatic heterocycles. The second-order valence-electron chi connectivity index (χ2n) is 18.1. The maximum atomic E-state index is 3.06. The standard InChI is InChI=1S/2C28H35.2CH3.2ClH.Si.Zr/c2*1-3-16-28(17-7-5-6-8-18-28)21-23-19-25-10-9-11-26(27(25)20-23)24-14-12-22(4-2)13-15-24;;;;;;/h2*9-15,19-20H,3-8,16-18,21H2,1-2H3;2*1H3;2*1H;;/q4*-1;;;;. The molecule has 6 aromatic rings. The zero-order valence-corrected chi connectivity index (χ0v) is 44.4. The molecule has 0 atom stereocenters. The molecule has 2 aliphatic rings. The molecule has 0 N–H and O–H groups in total. The van der Waals surface area contributed by atoms with E-state index in [-0.39, 0.29) is 39.7 Å². The van der Waals surface area contributed by atoms with Crippen LogP contribution in [0.25, 0.3) is 43.8 Å². The first kappa shape index (κ1) is 55.9. The van der Waals surface area contributed by atoms with Crippen molar-refractivity contribution < 1.29 is 23.3 Å². The Kier molecular flexibility index (Phi) is 25.2. The molecule has 6 aromatic carbocycles. The summed E-state index contributed by atoms with van der Waals surface area (Å²) in [6, 6.07) is 41.9. The average Bonchev–Trinajstić information content (AvgIpc) is 3.69. The van der Waals surface area contributed by atoms with Crippen molar-refractivity contribution in [2.75, 3.05) is 0 Å². The van der Waals surface area contributed by atoms with E-state index in [0.717, 1.165) is 12.8 Å². The summed E-state index contributed by atoms with van der Waals surface area (Å²) in [6.45, 7) is 12.2. The summed E-state index contributed by atoms with van der Waals surface area (Å²) < 4.78 is 0. The molecule has 336 valence electrons. The Balaban J connectivity index is 0.000000386. The number of hydrogen-bond donors (Lipinski definition) is 0. The minimum atomic E-state index is 0. The summed E-state index contributed by atoms with van der Waals surface area (Å²) in [6.07, 6.45) is 27.3. The van der Waals surface area contributed by atoms with Crippen LogP contribution in [0.1, 0.15) is 153 Å². The summed E-state index contributed by atoms with van der Waals surface area (Å²) in [5.41, 5.74) is 12.5. The molecule has 0 heterocycles. The van der Waals surface area contributed by atoms with Gasteiger partial charge < -0.3 is 14.9 Å². The fourth-order valence-corrected chi connectivity index (χ4v) is 11.1. The van der Waals surface area contributed by atoms with Crippen molar-refractivity contribution in [3.05, 3.63) is 146 Å². The van der Waals surface area contributed by atoms with Crippen molar-refractivity contribution in [1.29, 1.82) is 0 Å². The summed E-state index contributed by atoms with van der Waals surface area (Å²) in [7, 11) is 0. The van der Waals surface area contributed by atoms with Gasteiger partial charge in [0.25, 0.3) is 0 Å². The van der Waals surface area contributed by atoms with Crippen molar-refractivity contribution >= 4 is 53.2 Å². The van der Waals surface area contributed by atoms with Gasteiger partial charge in [0.05, 0.1) is 0 Å². The van der Waals surface area contributed by atoms with Gasteiger partial charge in [-0.2, -0.15) is 12.1 Å². The molecule has 0 spiro atoms. The van der Waals surface area contributed by atoms with Gasteiger partial charge in [0, 0.05) is 0 Å². The summed E-state index contributed by atoms with van der Waals surface area (Å²) in [5, 5.41) is 5.68. The molecular formula is C58H78Cl2SiZr-4. The van der Waals surface area contributed by atoms with Crippen molar-refractivity contribution in [2.45, 2.75) is 156 Å². The third-order valence-corrected chi connectivity index (χ3v) is 14.0. The van der Waals surface area contributed by atoms with Crippen LogP contribution >= 0.6 is 24.8 Å². The Morgan fingerprint density at radius 3 is 1.13 bits per heavy atom. The summed E-state index contributed by atoms with van der Waals surface area (Å²) in [5.74, 6) is 0. The van der Waals surface area contributed by atoms with Crippen LogP contribution in [0, 0.1) is 25.7 Å². The van der Waals surface area contributed by atoms with Crippen LogP contribution in [0.2, 0.25) is 0 Å². The quantitative estimate of drug-likeness (QED) is 0.0651. The van der Waals surface area contributed by atoms with E-state index in [4.69, 9.17) is 0 Å². The van der Waals surface area contributed by atoms with Crippen LogP contribution in [0.4, 0.5) is 0 Å². The second kappa shape index (κ2) is 28.0. The van der Waals surface area contributed by atoms with Gasteiger partial charge in [-0.25, -0.2) is 0 Å². The molecular weight excluding hydrogens is 887 g/mol. The number of hydrogen-bond acceptors (Lipinski definition) is 0. The topological polar surface area (TPSA) is 0 Å². The van der Waals surface area contributed by atoms with Gasteiger partial charge in [0.2, 0.25) is 0 Å². The first-order valence-electron chi connectivity index (χ1n) is 23.3. The van der Waals surface area contributed by atoms with Crippen molar-refractivity contribution in [3.8, 4) is 22.3 Å². The number of benzene rings is 4. The molecule has 0 bridgehead atoms. The normalized spacial score (nSPS) is 15.3. The maximum absolute atomic E-state index is 3.06. The molecule has 2 saturated carbocycles. The van der Waals surface area contributed by atoms with Crippen molar-refractivity contribution in [3.63, 3.8) is 0 Å². The van der Waals surface area contributed by atoms with Gasteiger partial charge in [0.15, 0.2) is 0 Å². The number of halogens is 2. The third-order valence-electron chi connectivity index (χ3n) is 14.0. The van der Waals surface area contributed by atoms with Gasteiger partial charge in [-0.15, -0.1) is 93.9 Å². The van der Waals surface area contributed by atoms with Crippen LogP contribution < -0.4 is 0 Å². The fourth-order valence-electron chi connectivity index (χ4n) is 11.1. The van der Waals surface area contributed by atoms with E-state index in [2.05, 4.69) is 144 Å². The molecule has 0 unspecified atom stereocenters. The van der Waals surface area contributed by atoms with E-state index in [1.807, 2.05) is 0 Å². The van der Waals surface area contributed by atoms with Crippen LogP contribution in [0.15, 0.2) is 109 Å². The Morgan fingerprint density at radius 1 is 0.484 bits per heavy atom. The summed E-state index contributed by atoms with van der Waals surface area (Å²) >= 11 is 1.36. The monoisotopic (exact) mass is 962 g/mol. The molecule has 0 aliphatic heterocycles. The van der Waals surface area contributed by atoms with Crippen LogP contribution in [0.3, 0.4) is 0 Å². The van der Waals surface area contributed by atoms with Crippen LogP contribution in [0.5, 0.6) is 0 Å². The molecule has 0 saturated heterocycles. The zero-order chi connectivity index (χ0) is 40.8. The molecule has 0 amide bonds. The molecule has 2 radical (unpaired) electrons. The third kappa shape index (κ3) is 14.4. The number of fused-ring (bicyclic) bond motifs is 2. The predicted octanol–water partition coefficient (Wildman–Crippen LogP) is 18.3. The predicted molar refractivity (Wildman–Crippen MR) is 279 cm³/mol. The van der Waals surface area contributed by atoms with E-state index in [0.29, 0.717) is 10.8 Å². The van der Waals surface area contributed by atoms with E-state index < -0.39 is 0 Å². The van der Waals surface area contributed by atoms with Crippen molar-refractivity contribution in [2.24, 2.45) is 10.8 Å². The van der Waals surface area contributed by atoms with Crippen molar-refractivity contribution in [1.82, 2.24) is 0 Å². The first-order valence-corrected chi connectivity index (χ1v) is 27.4. The molecule has 0 nitrogen and oxygen atoms in total. The minimum absolute atomic E-state index is 0. The fraction of sp³-hybridized carbons (Fsp3) is 0.448. The number of rotatable bonds is 12. The Labute approximate surface area is 409 Å². The molecule has 2 fully saturated rings. The Hall–Kier alpha value is -2.22. The van der Waals surface area contributed by atoms with Gasteiger partial charge in [-0.05, 0) is 97.3 Å². The number of aryl methyl sites for hydroxylation is 2. The molecule has 8 rings (SSSR count). The SMILES string of the molecule is CCCC1(Cc2cc3c(-c4ccc(CC)cc4)cccc3[cH-]2)CCCCCC1.CCCC1(Cc2cc3c(-c4ccc(CC)cc4)cccc3[cH-]2)CCCCCC1.Cl.Cl.[CH3-].[CH3-].[Si]=[Zr]. The van der Waals surface area contributed by atoms with E-state index >= 15 is 0 Å². The van der Waals surface area contributed by atoms with Gasteiger partial charge in [-0.3, -0.25) is 0 Å². The summed E-state index contributed by atoms with van der Waals surface area (Å²) in [4.78, 5) is 0. The van der Waals surface area contributed by atoms with Crippen LogP contribution in [-0.4, -0.2) is 6.88 Å². The molecule has 2 aliphatic carbocycles. The van der Waals surface area contributed by atoms with Gasteiger partial charge in [-0.1, -0.05) is 164 Å². The van der Waals surface area contributed by atoms with E-state index in [1.165, 1.54) is 194 Å². The first-order chi connectivity index (χ1) is 28.5. The Bertz CT molecular complexity index is 1970. The van der Waals surface area contributed by atoms with Crippen LogP contribution in [-0.2, 0) is 49.0 Å². The second-order valence-corrected chi connectivity index (χ2v) is 18.1. The average molecular weight is 965 g/mol. The molecule has 4 heteroatoms. The van der Waals surface area contributed by atoms with Gasteiger partial charge in [0.1, 0.15) is 0 Å².